The molecule has 1 amide bonds. The Labute approximate surface area is 130 Å². The molecule has 0 aliphatic carbocycles. The number of benzene rings is 1. The molecule has 2 aromatic rings. The fourth-order valence-electron chi connectivity index (χ4n) is 1.59. The van der Waals surface area contributed by atoms with Gasteiger partial charge in [-0.1, -0.05) is 23.7 Å². The standard InChI is InChI=1S/C14H12ClIN2O/c1-9-12(16)6-7-13(17-9)18-14(19)8-10-2-4-11(15)5-3-10/h2-7H,8H2,1H3,(H,17,18,19). The van der Waals surface area contributed by atoms with Crippen molar-refractivity contribution in [2.24, 2.45) is 0 Å². The summed E-state index contributed by atoms with van der Waals surface area (Å²) in [5, 5.41) is 3.45. The Balaban J connectivity index is 2.01. The molecule has 1 aromatic carbocycles. The van der Waals surface area contributed by atoms with E-state index in [-0.39, 0.29) is 5.91 Å². The van der Waals surface area contributed by atoms with Crippen LogP contribution in [0.2, 0.25) is 5.02 Å². The summed E-state index contributed by atoms with van der Waals surface area (Å²) in [6.07, 6.45) is 0.309. The Bertz CT molecular complexity index is 599. The van der Waals surface area contributed by atoms with Crippen LogP contribution in [0.15, 0.2) is 36.4 Å². The van der Waals surface area contributed by atoms with E-state index in [1.54, 1.807) is 18.2 Å². The Morgan fingerprint density at radius 1 is 1.26 bits per heavy atom. The van der Waals surface area contributed by atoms with Gasteiger partial charge in [-0.05, 0) is 59.3 Å². The van der Waals surface area contributed by atoms with E-state index < -0.39 is 0 Å². The first kappa shape index (κ1) is 14.3. The van der Waals surface area contributed by atoms with Gasteiger partial charge < -0.3 is 5.32 Å². The summed E-state index contributed by atoms with van der Waals surface area (Å²) in [5.41, 5.74) is 1.83. The number of aromatic nitrogens is 1. The largest absolute Gasteiger partial charge is 0.310 e. The van der Waals surface area contributed by atoms with Gasteiger partial charge in [0.15, 0.2) is 0 Å². The molecule has 0 aliphatic heterocycles. The zero-order valence-corrected chi connectivity index (χ0v) is 13.2. The van der Waals surface area contributed by atoms with Crippen molar-refractivity contribution in [2.45, 2.75) is 13.3 Å². The number of carbonyl (C=O) groups excluding carboxylic acids is 1. The van der Waals surface area contributed by atoms with E-state index in [2.05, 4.69) is 32.9 Å². The van der Waals surface area contributed by atoms with Gasteiger partial charge in [0.1, 0.15) is 5.82 Å². The number of aryl methyl sites for hydroxylation is 1. The van der Waals surface area contributed by atoms with E-state index >= 15 is 0 Å². The number of hydrogen-bond acceptors (Lipinski definition) is 2. The molecule has 0 saturated carbocycles. The van der Waals surface area contributed by atoms with Gasteiger partial charge >= 0.3 is 0 Å². The second-order valence-corrected chi connectivity index (χ2v) is 5.71. The average molecular weight is 387 g/mol. The number of pyridine rings is 1. The summed E-state index contributed by atoms with van der Waals surface area (Å²) in [6, 6.07) is 11.0. The highest BCUT2D eigenvalue weighted by Gasteiger charge is 2.06. The first-order valence-electron chi connectivity index (χ1n) is 5.72. The van der Waals surface area contributed by atoms with Crippen LogP contribution in [-0.2, 0) is 11.2 Å². The molecule has 0 unspecified atom stereocenters. The molecule has 98 valence electrons. The van der Waals surface area contributed by atoms with E-state index in [4.69, 9.17) is 11.6 Å². The summed E-state index contributed by atoms with van der Waals surface area (Å²) in [6.45, 7) is 1.91. The van der Waals surface area contributed by atoms with Gasteiger partial charge in [0.05, 0.1) is 12.1 Å². The van der Waals surface area contributed by atoms with Crippen molar-refractivity contribution < 1.29 is 4.79 Å². The van der Waals surface area contributed by atoms with E-state index in [0.29, 0.717) is 17.3 Å². The molecule has 0 fully saturated rings. The fourth-order valence-corrected chi connectivity index (χ4v) is 2.01. The maximum atomic E-state index is 11.9. The quantitative estimate of drug-likeness (QED) is 0.815. The predicted octanol–water partition coefficient (Wildman–Crippen LogP) is 3.83. The van der Waals surface area contributed by atoms with Gasteiger partial charge in [0.25, 0.3) is 0 Å². The Kier molecular flexibility index (Phi) is 4.76. The summed E-state index contributed by atoms with van der Waals surface area (Å²) in [4.78, 5) is 16.2. The minimum Gasteiger partial charge on any atom is -0.310 e. The minimum atomic E-state index is -0.0876. The number of hydrogen-bond donors (Lipinski definition) is 1. The molecule has 1 aromatic heterocycles. The van der Waals surface area contributed by atoms with Crippen LogP contribution < -0.4 is 5.32 Å². The number of rotatable bonds is 3. The van der Waals surface area contributed by atoms with E-state index in [1.165, 1.54) is 0 Å². The first-order chi connectivity index (χ1) is 9.04. The molecule has 2 rings (SSSR count). The van der Waals surface area contributed by atoms with Crippen molar-refractivity contribution in [3.63, 3.8) is 0 Å². The molecule has 5 heteroatoms. The lowest BCUT2D eigenvalue weighted by Gasteiger charge is -2.06. The molecule has 0 spiro atoms. The third-order valence-corrected chi connectivity index (χ3v) is 3.96. The van der Waals surface area contributed by atoms with E-state index in [0.717, 1.165) is 14.8 Å². The van der Waals surface area contributed by atoms with Crippen molar-refractivity contribution in [3.8, 4) is 0 Å². The number of anilines is 1. The number of amides is 1. The third-order valence-electron chi connectivity index (χ3n) is 2.57. The second kappa shape index (κ2) is 6.34. The van der Waals surface area contributed by atoms with Crippen LogP contribution in [0.4, 0.5) is 5.82 Å². The lowest BCUT2D eigenvalue weighted by molar-refractivity contribution is -0.115. The summed E-state index contributed by atoms with van der Waals surface area (Å²) >= 11 is 8.01. The van der Waals surface area contributed by atoms with Crippen LogP contribution in [0, 0.1) is 10.5 Å². The normalized spacial score (nSPS) is 10.3. The topological polar surface area (TPSA) is 42.0 Å². The van der Waals surface area contributed by atoms with Gasteiger partial charge in [0, 0.05) is 8.59 Å². The van der Waals surface area contributed by atoms with E-state index in [1.807, 2.05) is 25.1 Å². The summed E-state index contributed by atoms with van der Waals surface area (Å²) in [5.74, 6) is 0.493. The molecule has 1 heterocycles. The minimum absolute atomic E-state index is 0.0876. The third kappa shape index (κ3) is 4.18. The number of nitrogens with one attached hydrogen (secondary N) is 1. The smallest absolute Gasteiger partial charge is 0.229 e. The molecule has 3 nitrogen and oxygen atoms in total. The molecular formula is C14H12ClIN2O. The molecule has 0 aliphatic rings. The lowest BCUT2D eigenvalue weighted by Crippen LogP contribution is -2.15. The average Bonchev–Trinajstić information content (AvgIpc) is 2.37. The van der Waals surface area contributed by atoms with Crippen LogP contribution in [0.25, 0.3) is 0 Å². The van der Waals surface area contributed by atoms with Crippen LogP contribution in [-0.4, -0.2) is 10.9 Å². The number of carbonyl (C=O) groups is 1. The molecule has 0 saturated heterocycles. The Morgan fingerprint density at radius 3 is 2.58 bits per heavy atom. The summed E-state index contributed by atoms with van der Waals surface area (Å²) < 4.78 is 1.08. The summed E-state index contributed by atoms with van der Waals surface area (Å²) in [7, 11) is 0. The van der Waals surface area contributed by atoms with Gasteiger partial charge in [-0.15, -0.1) is 0 Å². The van der Waals surface area contributed by atoms with Gasteiger partial charge in [-0.3, -0.25) is 4.79 Å². The Morgan fingerprint density at radius 2 is 1.95 bits per heavy atom. The van der Waals surface area contributed by atoms with Crippen molar-refractivity contribution >= 4 is 45.9 Å². The molecule has 0 radical (unpaired) electrons. The van der Waals surface area contributed by atoms with Gasteiger partial charge in [-0.25, -0.2) is 4.98 Å². The highest BCUT2D eigenvalue weighted by molar-refractivity contribution is 14.1. The zero-order valence-electron chi connectivity index (χ0n) is 10.3. The molecule has 0 atom stereocenters. The first-order valence-corrected chi connectivity index (χ1v) is 7.18. The maximum absolute atomic E-state index is 11.9. The van der Waals surface area contributed by atoms with Crippen molar-refractivity contribution in [2.75, 3.05) is 5.32 Å². The molecule has 19 heavy (non-hydrogen) atoms. The Hall–Kier alpha value is -1.14. The van der Waals surface area contributed by atoms with Crippen molar-refractivity contribution in [1.82, 2.24) is 4.98 Å². The maximum Gasteiger partial charge on any atom is 0.229 e. The second-order valence-electron chi connectivity index (χ2n) is 4.12. The highest BCUT2D eigenvalue weighted by atomic mass is 127. The van der Waals surface area contributed by atoms with Crippen molar-refractivity contribution in [3.05, 3.63) is 56.2 Å². The fraction of sp³-hybridized carbons (Fsp3) is 0.143. The number of halogens is 2. The zero-order chi connectivity index (χ0) is 13.8. The van der Waals surface area contributed by atoms with Crippen LogP contribution in [0.3, 0.4) is 0 Å². The van der Waals surface area contributed by atoms with Crippen molar-refractivity contribution in [1.29, 1.82) is 0 Å². The monoisotopic (exact) mass is 386 g/mol. The van der Waals surface area contributed by atoms with Crippen LogP contribution >= 0.6 is 34.2 Å². The van der Waals surface area contributed by atoms with E-state index in [9.17, 15) is 4.79 Å². The molecular weight excluding hydrogens is 375 g/mol. The SMILES string of the molecule is Cc1nc(NC(=O)Cc2ccc(Cl)cc2)ccc1I. The predicted molar refractivity (Wildman–Crippen MR) is 85.5 cm³/mol. The molecule has 1 N–H and O–H groups in total. The highest BCUT2D eigenvalue weighted by Crippen LogP contribution is 2.13. The van der Waals surface area contributed by atoms with Gasteiger partial charge in [0.2, 0.25) is 5.91 Å². The molecule has 0 bridgehead atoms. The lowest BCUT2D eigenvalue weighted by atomic mass is 10.1. The number of nitrogens with zero attached hydrogens (tertiary/aromatic N) is 1. The van der Waals surface area contributed by atoms with Gasteiger partial charge in [-0.2, -0.15) is 0 Å². The van der Waals surface area contributed by atoms with Crippen LogP contribution in [0.1, 0.15) is 11.3 Å². The van der Waals surface area contributed by atoms with Crippen LogP contribution in [0.5, 0.6) is 0 Å².